The highest BCUT2D eigenvalue weighted by molar-refractivity contribution is 5.94. The van der Waals surface area contributed by atoms with Crippen LogP contribution in [-0.4, -0.2) is 18.5 Å². The molecule has 1 aliphatic carbocycles. The topological polar surface area (TPSA) is 67.1 Å². The van der Waals surface area contributed by atoms with E-state index in [1.807, 2.05) is 6.07 Å². The molecule has 2 aliphatic rings. The number of carbonyl (C=O) groups excluding carboxylic acids is 1. The fourth-order valence-corrected chi connectivity index (χ4v) is 3.20. The summed E-state index contributed by atoms with van der Waals surface area (Å²) in [5.41, 5.74) is 9.16. The predicted molar refractivity (Wildman–Crippen MR) is 77.2 cm³/mol. The molecular formula is C15H21N3O. The molecule has 1 aromatic carbocycles. The predicted octanol–water partition coefficient (Wildman–Crippen LogP) is 2.11. The molecule has 2 atom stereocenters. The van der Waals surface area contributed by atoms with Crippen molar-refractivity contribution < 1.29 is 4.79 Å². The Bertz CT molecular complexity index is 486. The Morgan fingerprint density at radius 2 is 2.21 bits per heavy atom. The molecule has 0 bridgehead atoms. The molecule has 0 radical (unpaired) electrons. The molecule has 4 N–H and O–H groups in total. The Morgan fingerprint density at radius 3 is 3.05 bits per heavy atom. The van der Waals surface area contributed by atoms with Gasteiger partial charge >= 0.3 is 0 Å². The fraction of sp³-hybridized carbons (Fsp3) is 0.533. The zero-order valence-electron chi connectivity index (χ0n) is 11.1. The molecule has 19 heavy (non-hydrogen) atoms. The minimum Gasteiger partial charge on any atom is -0.382 e. The third kappa shape index (κ3) is 2.59. The Labute approximate surface area is 113 Å². The van der Waals surface area contributed by atoms with Gasteiger partial charge in [0, 0.05) is 23.8 Å². The zero-order valence-corrected chi connectivity index (χ0v) is 11.1. The lowest BCUT2D eigenvalue weighted by molar-refractivity contribution is -0.116. The van der Waals surface area contributed by atoms with Gasteiger partial charge in [0.25, 0.3) is 0 Å². The van der Waals surface area contributed by atoms with Crippen LogP contribution in [0.25, 0.3) is 0 Å². The summed E-state index contributed by atoms with van der Waals surface area (Å²) in [6.07, 6.45) is 5.12. The van der Waals surface area contributed by atoms with Crippen molar-refractivity contribution in [2.24, 2.45) is 11.7 Å². The molecule has 3 rings (SSSR count). The van der Waals surface area contributed by atoms with Crippen LogP contribution >= 0.6 is 0 Å². The highest BCUT2D eigenvalue weighted by Crippen LogP contribution is 2.30. The summed E-state index contributed by atoms with van der Waals surface area (Å²) >= 11 is 0. The van der Waals surface area contributed by atoms with Gasteiger partial charge < -0.3 is 16.4 Å². The van der Waals surface area contributed by atoms with Crippen molar-refractivity contribution in [3.05, 3.63) is 23.8 Å². The van der Waals surface area contributed by atoms with Crippen LogP contribution in [0.4, 0.5) is 11.4 Å². The Balaban J connectivity index is 1.74. The molecule has 4 nitrogen and oxygen atoms in total. The molecule has 102 valence electrons. The number of carbonyl (C=O) groups is 1. The van der Waals surface area contributed by atoms with Crippen LogP contribution in [0.5, 0.6) is 0 Å². The minimum absolute atomic E-state index is 0.118. The van der Waals surface area contributed by atoms with Crippen LogP contribution in [0.3, 0.4) is 0 Å². The van der Waals surface area contributed by atoms with Gasteiger partial charge in [0.15, 0.2) is 0 Å². The average molecular weight is 259 g/mol. The van der Waals surface area contributed by atoms with E-state index in [2.05, 4.69) is 22.8 Å². The lowest BCUT2D eigenvalue weighted by Crippen LogP contribution is -2.29. The van der Waals surface area contributed by atoms with Gasteiger partial charge in [-0.05, 0) is 55.5 Å². The van der Waals surface area contributed by atoms with E-state index in [1.165, 1.54) is 24.8 Å². The van der Waals surface area contributed by atoms with Gasteiger partial charge in [0.2, 0.25) is 5.91 Å². The van der Waals surface area contributed by atoms with Crippen molar-refractivity contribution in [1.29, 1.82) is 0 Å². The van der Waals surface area contributed by atoms with Gasteiger partial charge in [0.1, 0.15) is 0 Å². The number of hydrogen-bond acceptors (Lipinski definition) is 3. The highest BCUT2D eigenvalue weighted by Gasteiger charge is 2.26. The average Bonchev–Trinajstić information content (AvgIpc) is 2.86. The van der Waals surface area contributed by atoms with E-state index in [9.17, 15) is 4.79 Å². The number of hydrogen-bond donors (Lipinski definition) is 3. The van der Waals surface area contributed by atoms with Crippen molar-refractivity contribution in [1.82, 2.24) is 0 Å². The number of nitrogens with one attached hydrogen (secondary N) is 2. The monoisotopic (exact) mass is 259 g/mol. The van der Waals surface area contributed by atoms with Crippen LogP contribution in [0.15, 0.2) is 18.2 Å². The smallest absolute Gasteiger partial charge is 0.224 e. The van der Waals surface area contributed by atoms with Crippen LogP contribution in [-0.2, 0) is 11.2 Å². The van der Waals surface area contributed by atoms with E-state index in [4.69, 9.17) is 5.73 Å². The van der Waals surface area contributed by atoms with Gasteiger partial charge in [-0.2, -0.15) is 0 Å². The third-order valence-corrected chi connectivity index (χ3v) is 4.31. The molecule has 1 saturated carbocycles. The molecule has 0 saturated heterocycles. The summed E-state index contributed by atoms with van der Waals surface area (Å²) in [7, 11) is 0. The molecule has 1 heterocycles. The molecule has 1 aromatic rings. The largest absolute Gasteiger partial charge is 0.382 e. The first-order valence-corrected chi connectivity index (χ1v) is 7.15. The summed E-state index contributed by atoms with van der Waals surface area (Å²) in [5, 5.41) is 6.52. The van der Waals surface area contributed by atoms with E-state index in [1.54, 1.807) is 0 Å². The summed E-state index contributed by atoms with van der Waals surface area (Å²) < 4.78 is 0. The number of aryl methyl sites for hydroxylation is 1. The summed E-state index contributed by atoms with van der Waals surface area (Å²) in [6.45, 7) is 0.763. The second-order valence-corrected chi connectivity index (χ2v) is 5.60. The normalized spacial score (nSPS) is 25.8. The minimum atomic E-state index is 0.118. The van der Waals surface area contributed by atoms with E-state index in [0.29, 0.717) is 18.4 Å². The van der Waals surface area contributed by atoms with Crippen LogP contribution in [0, 0.1) is 5.92 Å². The molecule has 0 spiro atoms. The van der Waals surface area contributed by atoms with Crippen LogP contribution < -0.4 is 16.4 Å². The molecule has 0 aromatic heterocycles. The van der Waals surface area contributed by atoms with Crippen molar-refractivity contribution in [3.63, 3.8) is 0 Å². The van der Waals surface area contributed by atoms with E-state index in [0.717, 1.165) is 24.3 Å². The maximum atomic E-state index is 11.3. The lowest BCUT2D eigenvalue weighted by atomic mass is 10.0. The summed E-state index contributed by atoms with van der Waals surface area (Å²) in [5.74, 6) is 0.711. The molecular weight excluding hydrogens is 238 g/mol. The Morgan fingerprint density at radius 1 is 1.32 bits per heavy atom. The molecule has 1 fully saturated rings. The summed E-state index contributed by atoms with van der Waals surface area (Å²) in [6, 6.07) is 6.72. The van der Waals surface area contributed by atoms with Crippen LogP contribution in [0.1, 0.15) is 31.2 Å². The van der Waals surface area contributed by atoms with Gasteiger partial charge in [-0.15, -0.1) is 0 Å². The number of benzene rings is 1. The highest BCUT2D eigenvalue weighted by atomic mass is 16.1. The maximum absolute atomic E-state index is 11.3. The number of anilines is 2. The van der Waals surface area contributed by atoms with E-state index >= 15 is 0 Å². The van der Waals surface area contributed by atoms with Crippen molar-refractivity contribution in [2.45, 2.75) is 38.1 Å². The van der Waals surface area contributed by atoms with Gasteiger partial charge in [-0.3, -0.25) is 4.79 Å². The van der Waals surface area contributed by atoms with E-state index in [-0.39, 0.29) is 5.91 Å². The standard InChI is InChI=1S/C15H21N3O/c16-9-11-2-1-3-13(11)17-12-5-6-14-10(8-12)4-7-15(19)18-14/h5-6,8,11,13,17H,1-4,7,9,16H2,(H,18,19). The fourth-order valence-electron chi connectivity index (χ4n) is 3.20. The first-order valence-electron chi connectivity index (χ1n) is 7.15. The first-order chi connectivity index (χ1) is 9.26. The second kappa shape index (κ2) is 5.21. The first kappa shape index (κ1) is 12.5. The maximum Gasteiger partial charge on any atom is 0.224 e. The van der Waals surface area contributed by atoms with Gasteiger partial charge in [-0.25, -0.2) is 0 Å². The van der Waals surface area contributed by atoms with Gasteiger partial charge in [0.05, 0.1) is 0 Å². The third-order valence-electron chi connectivity index (χ3n) is 4.31. The van der Waals surface area contributed by atoms with Gasteiger partial charge in [-0.1, -0.05) is 6.42 Å². The zero-order chi connectivity index (χ0) is 13.2. The van der Waals surface area contributed by atoms with Crippen molar-refractivity contribution in [3.8, 4) is 0 Å². The molecule has 1 aliphatic heterocycles. The number of rotatable bonds is 3. The summed E-state index contributed by atoms with van der Waals surface area (Å²) in [4.78, 5) is 11.3. The van der Waals surface area contributed by atoms with Crippen molar-refractivity contribution in [2.75, 3.05) is 17.2 Å². The SMILES string of the molecule is NCC1CCCC1Nc1ccc2c(c1)CCC(=O)N2. The van der Waals surface area contributed by atoms with Crippen molar-refractivity contribution >= 4 is 17.3 Å². The lowest BCUT2D eigenvalue weighted by Gasteiger charge is -2.23. The molecule has 4 heteroatoms. The number of fused-ring (bicyclic) bond motifs is 1. The number of nitrogens with two attached hydrogens (primary N) is 1. The van der Waals surface area contributed by atoms with Crippen LogP contribution in [0.2, 0.25) is 0 Å². The Kier molecular flexibility index (Phi) is 3.42. The second-order valence-electron chi connectivity index (χ2n) is 5.60. The molecule has 1 amide bonds. The van der Waals surface area contributed by atoms with E-state index < -0.39 is 0 Å². The quantitative estimate of drug-likeness (QED) is 0.779. The molecule has 2 unspecified atom stereocenters. The Hall–Kier alpha value is -1.55. The number of amides is 1.